The molecule has 406 valence electrons. The normalized spacial score (nSPS) is 12.5. The number of aliphatic hydroxyl groups is 2. The Morgan fingerprint density at radius 3 is 0.818 bits per heavy atom. The summed E-state index contributed by atoms with van der Waals surface area (Å²) in [6.45, 7) is 26.1. The molecule has 0 aromatic rings. The number of hydrogen-bond acceptors (Lipinski definition) is 10. The van der Waals surface area contributed by atoms with E-state index in [0.717, 1.165) is 19.3 Å². The molecule has 16 heteroatoms. The minimum absolute atomic E-state index is 0.0451. The molecule has 0 rings (SSSR count). The van der Waals surface area contributed by atoms with Gasteiger partial charge in [0.15, 0.2) is 0 Å². The van der Waals surface area contributed by atoms with Crippen molar-refractivity contribution >= 4 is 40.5 Å². The molecule has 0 fully saturated rings. The minimum Gasteiger partial charge on any atom is -0.352 e. The van der Waals surface area contributed by atoms with E-state index in [-0.39, 0.29) is 28.7 Å². The molecule has 0 aliphatic carbocycles. The number of hydrogen-bond donors (Lipinski definition) is 10. The largest absolute Gasteiger partial charge is 0.352 e. The number of nitrogens with one attached hydrogen (secondary N) is 2. The van der Waals surface area contributed by atoms with Crippen LogP contribution in [-0.4, -0.2) is 71.5 Å². The molecule has 0 aliphatic heterocycles. The van der Waals surface area contributed by atoms with Crippen LogP contribution in [0.15, 0.2) is 0 Å². The molecule has 0 amide bonds. The first-order valence-electron chi connectivity index (χ1n) is 26.1. The second-order valence-electron chi connectivity index (χ2n) is 21.4. The highest BCUT2D eigenvalue weighted by Crippen LogP contribution is 2.20. The summed E-state index contributed by atoms with van der Waals surface area (Å²) >= 11 is 6.93. The van der Waals surface area contributed by atoms with Gasteiger partial charge in [-0.15, -0.1) is 0 Å². The number of nitrogens with two attached hydrogens (primary N) is 2. The molecular formula is C50H114N4O8S4. The summed E-state index contributed by atoms with van der Waals surface area (Å²) in [5.41, 5.74) is 11.5. The maximum absolute atomic E-state index is 10.5. The molecule has 0 aromatic heterocycles. The Kier molecular flexibility index (Phi) is 51.6. The smallest absolute Gasteiger partial charge is 0.263 e. The summed E-state index contributed by atoms with van der Waals surface area (Å²) in [6.07, 6.45) is 41.7. The SMILES string of the molecule is CCCCCCCCCC(C)(C)N.CCCCCCCCCC(C)(C)N.CCCCCCCCCC(C)(C)NCC(O)(O)NC(C)(C)CCCCCCCCC.O=S(O)(O)=S.O=S(O)(O)=S. The predicted octanol–water partition coefficient (Wildman–Crippen LogP) is 13.7. The zero-order chi connectivity index (χ0) is 52.2. The van der Waals surface area contributed by atoms with Gasteiger partial charge in [-0.25, -0.2) is 0 Å². The van der Waals surface area contributed by atoms with E-state index in [1.54, 1.807) is 0 Å². The maximum Gasteiger partial charge on any atom is 0.263 e. The highest BCUT2D eigenvalue weighted by Gasteiger charge is 2.32. The van der Waals surface area contributed by atoms with Crippen molar-refractivity contribution in [3.05, 3.63) is 0 Å². The lowest BCUT2D eigenvalue weighted by atomic mass is 9.94. The Morgan fingerprint density at radius 1 is 0.394 bits per heavy atom. The van der Waals surface area contributed by atoms with Crippen LogP contribution < -0.4 is 22.1 Å². The predicted molar refractivity (Wildman–Crippen MR) is 295 cm³/mol. The van der Waals surface area contributed by atoms with E-state index in [4.69, 9.17) is 38.1 Å². The minimum atomic E-state index is -3.83. The van der Waals surface area contributed by atoms with Crippen LogP contribution in [-0.2, 0) is 40.5 Å². The van der Waals surface area contributed by atoms with Crippen LogP contribution in [0.25, 0.3) is 0 Å². The number of unbranched alkanes of at least 4 members (excludes halogenated alkanes) is 24. The van der Waals surface area contributed by atoms with Crippen molar-refractivity contribution in [1.29, 1.82) is 0 Å². The van der Waals surface area contributed by atoms with E-state index >= 15 is 0 Å². The molecule has 0 unspecified atom stereocenters. The lowest BCUT2D eigenvalue weighted by molar-refractivity contribution is -0.197. The van der Waals surface area contributed by atoms with Crippen molar-refractivity contribution in [2.75, 3.05) is 6.54 Å². The second-order valence-corrected chi connectivity index (χ2v) is 25.8. The van der Waals surface area contributed by atoms with E-state index in [9.17, 15) is 10.2 Å². The first-order chi connectivity index (χ1) is 30.2. The molecular weight excluding hydrogens is 913 g/mol. The highest BCUT2D eigenvalue weighted by molar-refractivity contribution is 8.26. The Morgan fingerprint density at radius 2 is 0.591 bits per heavy atom. The standard InChI is InChI=1S/C26H56N2O2.2C12H27N.2H2O3S2/c1-7-9-11-13-15-17-19-21-24(3,4)27-23-26(29,30)28-25(5,6)22-20-18-16-14-12-10-8-2;2*1-4-5-6-7-8-9-10-11-12(2,3)13;2*1-5(2,3)4/h27-30H,7-23H2,1-6H3;2*4-11,13H2,1-3H3;2*(H2,1,2,3,4). The van der Waals surface area contributed by atoms with Gasteiger partial charge < -0.3 is 27.0 Å². The molecule has 12 N–H and O–H groups in total. The fourth-order valence-electron chi connectivity index (χ4n) is 7.22. The lowest BCUT2D eigenvalue weighted by Gasteiger charge is -2.37. The third kappa shape index (κ3) is 90.7. The molecule has 0 saturated carbocycles. The molecule has 0 spiro atoms. The zero-order valence-electron chi connectivity index (χ0n) is 45.1. The first kappa shape index (κ1) is 75.3. The van der Waals surface area contributed by atoms with E-state index in [2.05, 4.69) is 116 Å². The van der Waals surface area contributed by atoms with Gasteiger partial charge in [0, 0.05) is 44.5 Å². The molecule has 0 radical (unpaired) electrons. The van der Waals surface area contributed by atoms with Gasteiger partial charge in [-0.3, -0.25) is 23.5 Å². The van der Waals surface area contributed by atoms with E-state index in [1.807, 2.05) is 0 Å². The monoisotopic (exact) mass is 1030 g/mol. The van der Waals surface area contributed by atoms with Crippen molar-refractivity contribution in [2.45, 2.75) is 317 Å². The van der Waals surface area contributed by atoms with Gasteiger partial charge in [0.1, 0.15) is 0 Å². The Balaban J connectivity index is -0.000000283. The molecule has 0 aliphatic rings. The van der Waals surface area contributed by atoms with Crippen LogP contribution in [0.4, 0.5) is 0 Å². The van der Waals surface area contributed by atoms with Crippen molar-refractivity contribution in [3.63, 3.8) is 0 Å². The topological polar surface area (TPSA) is 232 Å². The fraction of sp³-hybridized carbons (Fsp3) is 1.00. The van der Waals surface area contributed by atoms with Crippen molar-refractivity contribution < 1.29 is 36.8 Å². The highest BCUT2D eigenvalue weighted by atomic mass is 32.9. The van der Waals surface area contributed by atoms with Gasteiger partial charge in [-0.2, -0.15) is 8.42 Å². The first-order valence-corrected chi connectivity index (χ1v) is 30.9. The van der Waals surface area contributed by atoms with Gasteiger partial charge in [-0.05, 0) is 81.1 Å². The Hall–Kier alpha value is 0.340. The molecule has 0 aromatic carbocycles. The molecule has 0 heterocycles. The van der Waals surface area contributed by atoms with Gasteiger partial charge in [0.25, 0.3) is 18.1 Å². The quantitative estimate of drug-likeness (QED) is 0.0206. The van der Waals surface area contributed by atoms with Gasteiger partial charge in [0.05, 0.1) is 6.54 Å². The van der Waals surface area contributed by atoms with E-state index in [0.29, 0.717) is 0 Å². The van der Waals surface area contributed by atoms with Crippen molar-refractivity contribution in [1.82, 2.24) is 10.6 Å². The summed E-state index contributed by atoms with van der Waals surface area (Å²) in [5, 5.41) is 27.4. The molecule has 0 bridgehead atoms. The van der Waals surface area contributed by atoms with Gasteiger partial charge >= 0.3 is 0 Å². The number of β-amino-alcohol motifs (C(OH)–C–C–N with tert-alkyl or cyclic N) is 2. The van der Waals surface area contributed by atoms with Crippen LogP contribution in [0.1, 0.15) is 289 Å². The third-order valence-electron chi connectivity index (χ3n) is 11.0. The molecule has 66 heavy (non-hydrogen) atoms. The van der Waals surface area contributed by atoms with Crippen LogP contribution in [0, 0.1) is 0 Å². The van der Waals surface area contributed by atoms with Crippen molar-refractivity contribution in [2.24, 2.45) is 11.5 Å². The maximum atomic E-state index is 10.5. The van der Waals surface area contributed by atoms with Gasteiger partial charge in [-0.1, -0.05) is 207 Å². The summed E-state index contributed by atoms with van der Waals surface area (Å²) in [5.74, 6) is -1.89. The average molecular weight is 1030 g/mol. The molecule has 0 saturated heterocycles. The second kappa shape index (κ2) is 45.2. The van der Waals surface area contributed by atoms with E-state index in [1.165, 1.54) is 186 Å². The summed E-state index contributed by atoms with van der Waals surface area (Å²) < 4.78 is 47.9. The zero-order valence-corrected chi connectivity index (χ0v) is 48.4. The lowest BCUT2D eigenvalue weighted by Crippen LogP contribution is -2.62. The average Bonchev–Trinajstić information content (AvgIpc) is 3.14. The van der Waals surface area contributed by atoms with Gasteiger partial charge in [0.2, 0.25) is 5.91 Å². The Bertz CT molecular complexity index is 1170. The van der Waals surface area contributed by atoms with Crippen LogP contribution in [0.5, 0.6) is 0 Å². The van der Waals surface area contributed by atoms with Crippen LogP contribution in [0.2, 0.25) is 0 Å². The van der Waals surface area contributed by atoms with Crippen LogP contribution in [0.3, 0.4) is 0 Å². The molecule has 12 nitrogen and oxygen atoms in total. The van der Waals surface area contributed by atoms with Crippen LogP contribution >= 0.6 is 0 Å². The fourth-order valence-corrected chi connectivity index (χ4v) is 7.22. The Labute approximate surface area is 420 Å². The third-order valence-corrected chi connectivity index (χ3v) is 11.0. The molecule has 0 atom stereocenters. The van der Waals surface area contributed by atoms with Crippen molar-refractivity contribution in [3.8, 4) is 0 Å². The summed E-state index contributed by atoms with van der Waals surface area (Å²) in [7, 11) is -7.67. The van der Waals surface area contributed by atoms with E-state index < -0.39 is 24.0 Å². The summed E-state index contributed by atoms with van der Waals surface area (Å²) in [4.78, 5) is 0. The summed E-state index contributed by atoms with van der Waals surface area (Å²) in [6, 6.07) is 0. The number of rotatable bonds is 37.